The van der Waals surface area contributed by atoms with Crippen LogP contribution in [0.3, 0.4) is 0 Å². The van der Waals surface area contributed by atoms with Gasteiger partial charge in [0.05, 0.1) is 6.54 Å². The summed E-state index contributed by atoms with van der Waals surface area (Å²) in [5.74, 6) is -0.186. The Kier molecular flexibility index (Phi) is 4.16. The molecule has 0 N–H and O–H groups in total. The number of carbonyl (C=O) groups excluding carboxylic acids is 1. The summed E-state index contributed by atoms with van der Waals surface area (Å²) in [6, 6.07) is 7.50. The fourth-order valence-corrected chi connectivity index (χ4v) is 3.30. The molecular weight excluding hydrogens is 322 g/mol. The maximum absolute atomic E-state index is 12.2. The second kappa shape index (κ2) is 6.24. The Hall–Kier alpha value is -2.26. The minimum Gasteiger partial charge on any atom is -0.339 e. The summed E-state index contributed by atoms with van der Waals surface area (Å²) in [6.45, 7) is 0.399. The molecule has 22 heavy (non-hydrogen) atoms. The molecule has 0 spiro atoms. The summed E-state index contributed by atoms with van der Waals surface area (Å²) < 4.78 is 2.27. The number of thiophene rings is 2. The number of nitrogens with zero attached hydrogens (tertiary/aromatic N) is 5. The monoisotopic (exact) mass is 335 g/mol. The van der Waals surface area contributed by atoms with Crippen molar-refractivity contribution in [1.82, 2.24) is 24.7 Å². The summed E-state index contributed by atoms with van der Waals surface area (Å²) >= 11 is 2.97. The molecule has 0 aliphatic rings. The third-order valence-corrected chi connectivity index (χ3v) is 4.74. The van der Waals surface area contributed by atoms with Crippen LogP contribution in [0, 0.1) is 0 Å². The Labute approximate surface area is 134 Å². The van der Waals surface area contributed by atoms with Gasteiger partial charge < -0.3 is 4.90 Å². The average Bonchev–Trinajstić information content (AvgIpc) is 3.22. The Morgan fingerprint density at radius 3 is 2.68 bits per heavy atom. The molecule has 0 fully saturated rings. The zero-order valence-electron chi connectivity index (χ0n) is 11.7. The van der Waals surface area contributed by atoms with Crippen LogP contribution in [0.2, 0.25) is 0 Å². The molecule has 0 bridgehead atoms. The van der Waals surface area contributed by atoms with Gasteiger partial charge in [-0.25, -0.2) is 4.79 Å². The minimum absolute atomic E-state index is 0.119. The number of amides is 1. The third-order valence-electron chi connectivity index (χ3n) is 3.04. The van der Waals surface area contributed by atoms with Gasteiger partial charge in [0, 0.05) is 11.9 Å². The first kappa shape index (κ1) is 14.7. The number of rotatable bonds is 5. The Bertz CT molecular complexity index is 804. The number of hydrogen-bond acceptors (Lipinski definition) is 6. The molecule has 0 saturated heterocycles. The van der Waals surface area contributed by atoms with E-state index in [1.165, 1.54) is 16.0 Å². The fraction of sp³-hybridized carbons (Fsp3) is 0.231. The Morgan fingerprint density at radius 1 is 1.23 bits per heavy atom. The summed E-state index contributed by atoms with van der Waals surface area (Å²) in [7, 11) is 1.71. The number of hydrogen-bond donors (Lipinski definition) is 0. The van der Waals surface area contributed by atoms with Crippen LogP contribution in [-0.4, -0.2) is 37.6 Å². The molecule has 9 heteroatoms. The molecule has 0 unspecified atom stereocenters. The van der Waals surface area contributed by atoms with Gasteiger partial charge >= 0.3 is 5.69 Å². The van der Waals surface area contributed by atoms with E-state index in [4.69, 9.17) is 0 Å². The second-order valence-electron chi connectivity index (χ2n) is 4.61. The molecule has 3 heterocycles. The molecule has 0 aromatic carbocycles. The summed E-state index contributed by atoms with van der Waals surface area (Å²) in [5.41, 5.74) is -0.416. The Morgan fingerprint density at radius 2 is 2.00 bits per heavy atom. The standard InChI is InChI=1S/C13H13N5O2S2/c1-16(8-10-4-2-6-21-10)11(19)9-17-13(20)18(15-14-17)12-5-3-7-22-12/h2-7H,8-9H2,1H3. The van der Waals surface area contributed by atoms with E-state index in [0.717, 1.165) is 9.56 Å². The molecule has 3 aromatic heterocycles. The van der Waals surface area contributed by atoms with Crippen LogP contribution >= 0.6 is 22.7 Å². The van der Waals surface area contributed by atoms with Crippen LogP contribution in [0.15, 0.2) is 39.8 Å². The maximum Gasteiger partial charge on any atom is 0.369 e. The van der Waals surface area contributed by atoms with Gasteiger partial charge in [0.25, 0.3) is 0 Å². The fourth-order valence-electron chi connectivity index (χ4n) is 1.88. The van der Waals surface area contributed by atoms with Crippen LogP contribution in [0.5, 0.6) is 0 Å². The highest BCUT2D eigenvalue weighted by atomic mass is 32.1. The van der Waals surface area contributed by atoms with Crippen molar-refractivity contribution in [1.29, 1.82) is 0 Å². The van der Waals surface area contributed by atoms with E-state index in [-0.39, 0.29) is 12.5 Å². The number of carbonyl (C=O) groups is 1. The third kappa shape index (κ3) is 3.00. The van der Waals surface area contributed by atoms with E-state index < -0.39 is 5.69 Å². The van der Waals surface area contributed by atoms with E-state index in [1.807, 2.05) is 29.0 Å². The number of likely N-dealkylation sites (N-methyl/N-ethyl adjacent to an activating group) is 1. The van der Waals surface area contributed by atoms with E-state index in [0.29, 0.717) is 11.5 Å². The van der Waals surface area contributed by atoms with Crippen molar-refractivity contribution in [2.24, 2.45) is 0 Å². The topological polar surface area (TPSA) is 73.0 Å². The summed E-state index contributed by atoms with van der Waals surface area (Å²) in [5, 5.41) is 12.1. The summed E-state index contributed by atoms with van der Waals surface area (Å²) in [6.07, 6.45) is 0. The molecule has 0 atom stereocenters. The smallest absolute Gasteiger partial charge is 0.339 e. The van der Waals surface area contributed by atoms with Crippen LogP contribution < -0.4 is 5.69 Å². The highest BCUT2D eigenvalue weighted by Crippen LogP contribution is 2.12. The number of aromatic nitrogens is 4. The van der Waals surface area contributed by atoms with E-state index >= 15 is 0 Å². The lowest BCUT2D eigenvalue weighted by atomic mass is 10.4. The highest BCUT2D eigenvalue weighted by molar-refractivity contribution is 7.12. The zero-order valence-corrected chi connectivity index (χ0v) is 13.4. The van der Waals surface area contributed by atoms with Crippen molar-refractivity contribution in [2.75, 3.05) is 7.05 Å². The summed E-state index contributed by atoms with van der Waals surface area (Å²) in [4.78, 5) is 27.0. The van der Waals surface area contributed by atoms with Gasteiger partial charge in [-0.15, -0.1) is 22.7 Å². The second-order valence-corrected chi connectivity index (χ2v) is 6.57. The van der Waals surface area contributed by atoms with E-state index in [2.05, 4.69) is 10.4 Å². The molecule has 0 aliphatic carbocycles. The van der Waals surface area contributed by atoms with Gasteiger partial charge in [0.1, 0.15) is 11.5 Å². The molecule has 0 saturated carbocycles. The average molecular weight is 335 g/mol. The van der Waals surface area contributed by atoms with Crippen LogP contribution in [0.25, 0.3) is 5.00 Å². The van der Waals surface area contributed by atoms with Crippen molar-refractivity contribution in [3.63, 3.8) is 0 Å². The first-order valence-corrected chi connectivity index (χ1v) is 8.24. The lowest BCUT2D eigenvalue weighted by Gasteiger charge is -2.15. The van der Waals surface area contributed by atoms with Crippen LogP contribution in [-0.2, 0) is 17.9 Å². The lowest BCUT2D eigenvalue weighted by Crippen LogP contribution is -2.34. The van der Waals surface area contributed by atoms with Gasteiger partial charge in [-0.3, -0.25) is 4.79 Å². The van der Waals surface area contributed by atoms with Crippen molar-refractivity contribution in [2.45, 2.75) is 13.1 Å². The predicted octanol–water partition coefficient (Wildman–Crippen LogP) is 1.21. The largest absolute Gasteiger partial charge is 0.369 e. The van der Waals surface area contributed by atoms with Gasteiger partial charge in [0.2, 0.25) is 5.91 Å². The van der Waals surface area contributed by atoms with Gasteiger partial charge in [-0.05, 0) is 39.4 Å². The minimum atomic E-state index is -0.416. The molecule has 114 valence electrons. The molecule has 7 nitrogen and oxygen atoms in total. The van der Waals surface area contributed by atoms with Gasteiger partial charge in [0.15, 0.2) is 0 Å². The molecular formula is C13H13N5O2S2. The van der Waals surface area contributed by atoms with Crippen molar-refractivity contribution >= 4 is 28.6 Å². The van der Waals surface area contributed by atoms with Gasteiger partial charge in [-0.2, -0.15) is 9.36 Å². The molecule has 1 amide bonds. The quantitative estimate of drug-likeness (QED) is 0.702. The van der Waals surface area contributed by atoms with Crippen molar-refractivity contribution in [3.8, 4) is 5.00 Å². The number of tetrazole rings is 1. The predicted molar refractivity (Wildman–Crippen MR) is 84.3 cm³/mol. The molecule has 0 radical (unpaired) electrons. The lowest BCUT2D eigenvalue weighted by molar-refractivity contribution is -0.131. The van der Waals surface area contributed by atoms with Crippen molar-refractivity contribution in [3.05, 3.63) is 50.4 Å². The molecule has 0 aliphatic heterocycles. The zero-order chi connectivity index (χ0) is 15.5. The molecule has 3 aromatic rings. The van der Waals surface area contributed by atoms with Crippen LogP contribution in [0.4, 0.5) is 0 Å². The van der Waals surface area contributed by atoms with E-state index in [1.54, 1.807) is 29.4 Å². The molecule has 3 rings (SSSR count). The normalized spacial score (nSPS) is 10.8. The maximum atomic E-state index is 12.2. The van der Waals surface area contributed by atoms with Gasteiger partial charge in [-0.1, -0.05) is 6.07 Å². The highest BCUT2D eigenvalue weighted by Gasteiger charge is 2.15. The first-order valence-electron chi connectivity index (χ1n) is 6.48. The SMILES string of the molecule is CN(Cc1cccs1)C(=O)Cn1nnn(-c2cccs2)c1=O. The van der Waals surface area contributed by atoms with Crippen molar-refractivity contribution < 1.29 is 4.79 Å². The van der Waals surface area contributed by atoms with E-state index in [9.17, 15) is 9.59 Å². The van der Waals surface area contributed by atoms with Crippen LogP contribution in [0.1, 0.15) is 4.88 Å². The Balaban J connectivity index is 1.71. The first-order chi connectivity index (χ1) is 10.6.